The number of ether oxygens (including phenoxy) is 1. The van der Waals surface area contributed by atoms with Gasteiger partial charge in [0, 0.05) is 10.6 Å². The minimum atomic E-state index is -0.469. The number of rotatable bonds is 7. The highest BCUT2D eigenvalue weighted by molar-refractivity contribution is 7.10. The summed E-state index contributed by atoms with van der Waals surface area (Å²) in [6.45, 7) is -0.0906. The Kier molecular flexibility index (Phi) is 4.10. The summed E-state index contributed by atoms with van der Waals surface area (Å²) >= 11 is 1.79. The fourth-order valence-corrected chi connectivity index (χ4v) is 3.17. The van der Waals surface area contributed by atoms with Crippen molar-refractivity contribution in [3.63, 3.8) is 0 Å². The third-order valence-electron chi connectivity index (χ3n) is 3.50. The molecule has 3 N–H and O–H groups in total. The van der Waals surface area contributed by atoms with E-state index in [2.05, 4.69) is 22.8 Å². The number of carbonyl (C=O) groups excluding carboxylic acids is 1. The third-order valence-corrected chi connectivity index (χ3v) is 4.46. The lowest BCUT2D eigenvalue weighted by atomic mass is 10.1. The van der Waals surface area contributed by atoms with Crippen LogP contribution >= 0.6 is 11.3 Å². The van der Waals surface area contributed by atoms with Gasteiger partial charge in [-0.3, -0.25) is 4.79 Å². The van der Waals surface area contributed by atoms with Crippen molar-refractivity contribution in [2.45, 2.75) is 18.9 Å². The van der Waals surface area contributed by atoms with E-state index in [1.807, 2.05) is 24.3 Å². The molecule has 1 fully saturated rings. The van der Waals surface area contributed by atoms with Crippen LogP contribution in [0.15, 0.2) is 41.8 Å². The highest BCUT2D eigenvalue weighted by atomic mass is 32.1. The molecule has 1 heterocycles. The molecule has 0 spiro atoms. The van der Waals surface area contributed by atoms with Crippen molar-refractivity contribution in [2.75, 3.05) is 11.9 Å². The number of hydrogen-bond donors (Lipinski definition) is 2. The molecule has 5 heteroatoms. The molecule has 0 bridgehead atoms. The summed E-state index contributed by atoms with van der Waals surface area (Å²) in [6, 6.07) is 12.3. The van der Waals surface area contributed by atoms with Crippen molar-refractivity contribution in [1.82, 2.24) is 0 Å². The maximum absolute atomic E-state index is 10.7. The van der Waals surface area contributed by atoms with Gasteiger partial charge in [0.05, 0.1) is 6.04 Å². The molecule has 1 aliphatic carbocycles. The number of anilines is 1. The zero-order chi connectivity index (χ0) is 14.7. The molecular weight excluding hydrogens is 284 g/mol. The molecule has 1 aliphatic rings. The monoisotopic (exact) mass is 302 g/mol. The topological polar surface area (TPSA) is 64.4 Å². The summed E-state index contributed by atoms with van der Waals surface area (Å²) in [6.07, 6.45) is 2.57. The number of nitrogens with two attached hydrogens (primary N) is 1. The molecule has 1 saturated carbocycles. The van der Waals surface area contributed by atoms with Gasteiger partial charge in [-0.2, -0.15) is 0 Å². The Morgan fingerprint density at radius 2 is 2.10 bits per heavy atom. The van der Waals surface area contributed by atoms with Crippen molar-refractivity contribution in [3.8, 4) is 5.75 Å². The third kappa shape index (κ3) is 3.76. The zero-order valence-corrected chi connectivity index (χ0v) is 12.4. The number of thiophene rings is 1. The van der Waals surface area contributed by atoms with Crippen molar-refractivity contribution >= 4 is 22.9 Å². The minimum absolute atomic E-state index is 0.0906. The molecule has 0 aliphatic heterocycles. The van der Waals surface area contributed by atoms with Crippen molar-refractivity contribution < 1.29 is 9.53 Å². The number of amides is 1. The summed E-state index contributed by atoms with van der Waals surface area (Å²) in [5.74, 6) is 0.913. The van der Waals surface area contributed by atoms with Gasteiger partial charge < -0.3 is 15.8 Å². The molecule has 1 aromatic heterocycles. The first-order valence-electron chi connectivity index (χ1n) is 7.03. The highest BCUT2D eigenvalue weighted by Gasteiger charge is 2.32. The number of carbonyl (C=O) groups is 1. The van der Waals surface area contributed by atoms with Gasteiger partial charge in [0.25, 0.3) is 5.91 Å². The molecule has 1 unspecified atom stereocenters. The van der Waals surface area contributed by atoms with Crippen LogP contribution in [-0.4, -0.2) is 12.5 Å². The lowest BCUT2D eigenvalue weighted by Gasteiger charge is -2.18. The fraction of sp³-hybridized carbons (Fsp3) is 0.312. The predicted octanol–water partition coefficient (Wildman–Crippen LogP) is 3.18. The molecular formula is C16H18N2O2S. The van der Waals surface area contributed by atoms with E-state index in [9.17, 15) is 4.79 Å². The van der Waals surface area contributed by atoms with Crippen molar-refractivity contribution in [3.05, 3.63) is 46.7 Å². The first-order chi connectivity index (χ1) is 10.2. The van der Waals surface area contributed by atoms with Gasteiger partial charge in [-0.05, 0) is 54.5 Å². The second kappa shape index (κ2) is 6.18. The standard InChI is InChI=1S/C16H18N2O2S/c17-15(19)10-20-13-7-5-12(6-8-13)18-16(11-3-4-11)14-2-1-9-21-14/h1-2,5-9,11,16,18H,3-4,10H2,(H2,17,19). The maximum Gasteiger partial charge on any atom is 0.255 e. The fourth-order valence-electron chi connectivity index (χ4n) is 2.30. The van der Waals surface area contributed by atoms with Gasteiger partial charge >= 0.3 is 0 Å². The molecule has 0 radical (unpaired) electrons. The smallest absolute Gasteiger partial charge is 0.255 e. The first-order valence-corrected chi connectivity index (χ1v) is 7.91. The van der Waals surface area contributed by atoms with E-state index < -0.39 is 5.91 Å². The highest BCUT2D eigenvalue weighted by Crippen LogP contribution is 2.44. The summed E-state index contributed by atoms with van der Waals surface area (Å²) < 4.78 is 5.26. The first kappa shape index (κ1) is 13.9. The maximum atomic E-state index is 10.7. The molecule has 4 nitrogen and oxygen atoms in total. The lowest BCUT2D eigenvalue weighted by Crippen LogP contribution is -2.20. The second-order valence-corrected chi connectivity index (χ2v) is 6.23. The van der Waals surface area contributed by atoms with Crippen LogP contribution in [0, 0.1) is 5.92 Å². The van der Waals surface area contributed by atoms with Crippen molar-refractivity contribution in [1.29, 1.82) is 0 Å². The van der Waals surface area contributed by atoms with Gasteiger partial charge in [-0.15, -0.1) is 11.3 Å². The minimum Gasteiger partial charge on any atom is -0.484 e. The molecule has 0 saturated heterocycles. The van der Waals surface area contributed by atoms with E-state index in [4.69, 9.17) is 10.5 Å². The van der Waals surface area contributed by atoms with E-state index in [-0.39, 0.29) is 6.61 Å². The SMILES string of the molecule is NC(=O)COc1ccc(NC(c2cccs2)C2CC2)cc1. The van der Waals surface area contributed by atoms with Crippen molar-refractivity contribution in [2.24, 2.45) is 11.7 Å². The Bertz CT molecular complexity index is 591. The van der Waals surface area contributed by atoms with Crippen LogP contribution in [0.3, 0.4) is 0 Å². The molecule has 21 heavy (non-hydrogen) atoms. The molecule has 3 rings (SSSR count). The molecule has 1 atom stereocenters. The van der Waals surface area contributed by atoms with Crippen LogP contribution in [0.25, 0.3) is 0 Å². The van der Waals surface area contributed by atoms with E-state index in [1.54, 1.807) is 11.3 Å². The van der Waals surface area contributed by atoms with Gasteiger partial charge in [-0.25, -0.2) is 0 Å². The molecule has 2 aromatic rings. The van der Waals surface area contributed by atoms with Crippen LogP contribution in [0.5, 0.6) is 5.75 Å². The normalized spacial score (nSPS) is 15.4. The Morgan fingerprint density at radius 1 is 1.33 bits per heavy atom. The van der Waals surface area contributed by atoms with Gasteiger partial charge in [0.1, 0.15) is 5.75 Å². The van der Waals surface area contributed by atoms with Crippen LogP contribution < -0.4 is 15.8 Å². The number of benzene rings is 1. The second-order valence-electron chi connectivity index (χ2n) is 5.25. The number of hydrogen-bond acceptors (Lipinski definition) is 4. The van der Waals surface area contributed by atoms with Crippen LogP contribution in [0.4, 0.5) is 5.69 Å². The Balaban J connectivity index is 1.65. The van der Waals surface area contributed by atoms with Crippen LogP contribution in [0.2, 0.25) is 0 Å². The van der Waals surface area contributed by atoms with Gasteiger partial charge in [0.2, 0.25) is 0 Å². The Morgan fingerprint density at radius 3 is 2.67 bits per heavy atom. The Labute approximate surface area is 127 Å². The average molecular weight is 302 g/mol. The molecule has 1 amide bonds. The van der Waals surface area contributed by atoms with E-state index in [1.165, 1.54) is 17.7 Å². The van der Waals surface area contributed by atoms with Crippen LogP contribution in [0.1, 0.15) is 23.8 Å². The predicted molar refractivity (Wildman–Crippen MR) is 84.5 cm³/mol. The summed E-state index contributed by atoms with van der Waals surface area (Å²) in [5.41, 5.74) is 6.12. The largest absolute Gasteiger partial charge is 0.484 e. The van der Waals surface area contributed by atoms with E-state index >= 15 is 0 Å². The summed E-state index contributed by atoms with van der Waals surface area (Å²) in [5, 5.41) is 5.72. The van der Waals surface area contributed by atoms with Gasteiger partial charge in [0.15, 0.2) is 6.61 Å². The van der Waals surface area contributed by atoms with Gasteiger partial charge in [-0.1, -0.05) is 6.07 Å². The molecule has 110 valence electrons. The quantitative estimate of drug-likeness (QED) is 0.825. The number of primary amides is 1. The van der Waals surface area contributed by atoms with Crippen LogP contribution in [-0.2, 0) is 4.79 Å². The lowest BCUT2D eigenvalue weighted by molar-refractivity contribution is -0.119. The summed E-state index contributed by atoms with van der Waals surface area (Å²) in [4.78, 5) is 12.1. The summed E-state index contributed by atoms with van der Waals surface area (Å²) in [7, 11) is 0. The Hall–Kier alpha value is -2.01. The average Bonchev–Trinajstić information content (AvgIpc) is 3.18. The zero-order valence-electron chi connectivity index (χ0n) is 11.6. The molecule has 1 aromatic carbocycles. The number of nitrogens with one attached hydrogen (secondary N) is 1. The van der Waals surface area contributed by atoms with E-state index in [0.29, 0.717) is 11.8 Å². The van der Waals surface area contributed by atoms with E-state index in [0.717, 1.165) is 11.6 Å².